The van der Waals surface area contributed by atoms with Crippen LogP contribution >= 0.6 is 0 Å². The average molecular weight is 277 g/mol. The molecule has 0 saturated carbocycles. The molecule has 0 spiro atoms. The molecular weight excluding hydrogens is 262 g/mol. The number of carboxylic acids is 1. The molecule has 1 saturated heterocycles. The van der Waals surface area contributed by atoms with E-state index in [4.69, 9.17) is 4.74 Å². The summed E-state index contributed by atoms with van der Waals surface area (Å²) in [6.45, 7) is 1.24. The lowest BCUT2D eigenvalue weighted by Gasteiger charge is -2.23. The number of carbonyl (C=O) groups is 1. The summed E-state index contributed by atoms with van der Waals surface area (Å²) in [5.41, 5.74) is 0.352. The first-order chi connectivity index (χ1) is 9.68. The van der Waals surface area contributed by atoms with Gasteiger partial charge >= 0.3 is 5.97 Å². The number of rotatable bonds is 3. The van der Waals surface area contributed by atoms with Crippen molar-refractivity contribution in [1.29, 1.82) is 0 Å². The van der Waals surface area contributed by atoms with Crippen molar-refractivity contribution in [3.63, 3.8) is 0 Å². The lowest BCUT2D eigenvalue weighted by Crippen LogP contribution is -2.23. The summed E-state index contributed by atoms with van der Waals surface area (Å²) in [7, 11) is 1.81. The molecule has 8 nitrogen and oxygen atoms in total. The lowest BCUT2D eigenvalue weighted by atomic mass is 10.1. The van der Waals surface area contributed by atoms with E-state index in [1.54, 1.807) is 21.6 Å². The van der Waals surface area contributed by atoms with Gasteiger partial charge in [-0.3, -0.25) is 0 Å². The van der Waals surface area contributed by atoms with E-state index in [1.165, 1.54) is 0 Å². The van der Waals surface area contributed by atoms with Crippen LogP contribution in [0.15, 0.2) is 12.4 Å². The van der Waals surface area contributed by atoms with E-state index in [1.807, 2.05) is 7.05 Å². The molecule has 1 N–H and O–H groups in total. The summed E-state index contributed by atoms with van der Waals surface area (Å²) >= 11 is 0. The van der Waals surface area contributed by atoms with Crippen molar-refractivity contribution in [2.45, 2.75) is 18.9 Å². The fourth-order valence-corrected chi connectivity index (χ4v) is 2.41. The van der Waals surface area contributed by atoms with Crippen LogP contribution in [-0.4, -0.2) is 48.8 Å². The fourth-order valence-electron chi connectivity index (χ4n) is 2.41. The predicted octanol–water partition coefficient (Wildman–Crippen LogP) is 0.728. The van der Waals surface area contributed by atoms with Crippen LogP contribution in [0.3, 0.4) is 0 Å². The summed E-state index contributed by atoms with van der Waals surface area (Å²) in [5.74, 6) is -0.566. The molecule has 2 aromatic rings. The normalized spacial score (nSPS) is 19.1. The first-order valence-corrected chi connectivity index (χ1v) is 6.42. The van der Waals surface area contributed by atoms with E-state index in [2.05, 4.69) is 15.3 Å². The topological polar surface area (TPSA) is 95.1 Å². The summed E-state index contributed by atoms with van der Waals surface area (Å²) in [6.07, 6.45) is 5.19. The van der Waals surface area contributed by atoms with Gasteiger partial charge in [0.05, 0.1) is 12.6 Å². The molecule has 106 valence electrons. The number of nitrogens with zero attached hydrogens (tertiary/aromatic N) is 5. The maximum absolute atomic E-state index is 11.3. The second kappa shape index (κ2) is 5.04. The van der Waals surface area contributed by atoms with Gasteiger partial charge < -0.3 is 14.4 Å². The zero-order valence-corrected chi connectivity index (χ0v) is 11.1. The molecule has 0 aromatic carbocycles. The molecule has 8 heteroatoms. The Morgan fingerprint density at radius 1 is 1.55 bits per heavy atom. The first kappa shape index (κ1) is 12.8. The number of imidazole rings is 1. The average Bonchev–Trinajstić information content (AvgIpc) is 3.05. The van der Waals surface area contributed by atoms with Crippen LogP contribution in [0, 0.1) is 0 Å². The van der Waals surface area contributed by atoms with Gasteiger partial charge in [-0.1, -0.05) is 5.21 Å². The molecule has 3 rings (SSSR count). The Bertz CT molecular complexity index is 627. The Morgan fingerprint density at radius 2 is 2.40 bits per heavy atom. The Morgan fingerprint density at radius 3 is 3.00 bits per heavy atom. The van der Waals surface area contributed by atoms with Crippen LogP contribution in [0.2, 0.25) is 0 Å². The first-order valence-electron chi connectivity index (χ1n) is 6.42. The second-order valence-electron chi connectivity index (χ2n) is 4.77. The van der Waals surface area contributed by atoms with E-state index in [9.17, 15) is 9.90 Å². The van der Waals surface area contributed by atoms with Crippen molar-refractivity contribution in [2.24, 2.45) is 7.05 Å². The van der Waals surface area contributed by atoms with Gasteiger partial charge in [-0.05, 0) is 12.8 Å². The summed E-state index contributed by atoms with van der Waals surface area (Å²) in [5, 5.41) is 17.1. The standard InChI is InChI=1S/C12H15N5O3/c1-16-5-4-13-11(16)10-9(12(18)19)14-15-17(10)8-3-2-6-20-7-8/h4-5,8H,2-3,6-7H2,1H3,(H,18,19). The van der Waals surface area contributed by atoms with Crippen LogP contribution in [0.4, 0.5) is 0 Å². The van der Waals surface area contributed by atoms with Gasteiger partial charge in [0.1, 0.15) is 5.69 Å². The van der Waals surface area contributed by atoms with Gasteiger partial charge in [-0.15, -0.1) is 5.10 Å². The van der Waals surface area contributed by atoms with E-state index in [0.29, 0.717) is 18.1 Å². The molecular formula is C12H15N5O3. The van der Waals surface area contributed by atoms with Crippen molar-refractivity contribution in [3.8, 4) is 11.5 Å². The Labute approximate surface area is 115 Å². The number of carboxylic acid groups (broad SMARTS) is 1. The van der Waals surface area contributed by atoms with Gasteiger partial charge in [0.2, 0.25) is 5.69 Å². The molecule has 1 fully saturated rings. The van der Waals surface area contributed by atoms with Crippen LogP contribution in [0.1, 0.15) is 29.4 Å². The third kappa shape index (κ3) is 2.07. The maximum atomic E-state index is 11.3. The molecule has 20 heavy (non-hydrogen) atoms. The zero-order valence-electron chi connectivity index (χ0n) is 11.1. The fraction of sp³-hybridized carbons (Fsp3) is 0.500. The molecule has 0 amide bonds. The van der Waals surface area contributed by atoms with Crippen molar-refractivity contribution < 1.29 is 14.6 Å². The lowest BCUT2D eigenvalue weighted by molar-refractivity contribution is 0.0547. The Balaban J connectivity index is 2.11. The molecule has 0 bridgehead atoms. The Hall–Kier alpha value is -2.22. The van der Waals surface area contributed by atoms with Crippen molar-refractivity contribution in [1.82, 2.24) is 24.5 Å². The molecule has 1 unspecified atom stereocenters. The van der Waals surface area contributed by atoms with Gasteiger partial charge in [0.25, 0.3) is 0 Å². The number of hydrogen-bond acceptors (Lipinski definition) is 5. The van der Waals surface area contributed by atoms with Crippen molar-refractivity contribution in [3.05, 3.63) is 18.1 Å². The summed E-state index contributed by atoms with van der Waals surface area (Å²) < 4.78 is 8.83. The van der Waals surface area contributed by atoms with E-state index in [-0.39, 0.29) is 11.7 Å². The molecule has 2 aromatic heterocycles. The van der Waals surface area contributed by atoms with Crippen LogP contribution in [-0.2, 0) is 11.8 Å². The number of aromatic carboxylic acids is 1. The number of aromatic nitrogens is 5. The van der Waals surface area contributed by atoms with E-state index < -0.39 is 5.97 Å². The molecule has 1 aliphatic rings. The quantitative estimate of drug-likeness (QED) is 0.888. The van der Waals surface area contributed by atoms with Crippen molar-refractivity contribution >= 4 is 5.97 Å². The van der Waals surface area contributed by atoms with Gasteiger partial charge in [-0.2, -0.15) is 0 Å². The van der Waals surface area contributed by atoms with Crippen LogP contribution < -0.4 is 0 Å². The third-order valence-electron chi connectivity index (χ3n) is 3.41. The smallest absolute Gasteiger partial charge is 0.358 e. The van der Waals surface area contributed by atoms with Gasteiger partial charge in [0, 0.05) is 26.0 Å². The minimum absolute atomic E-state index is 0.00366. The minimum atomic E-state index is -1.11. The largest absolute Gasteiger partial charge is 0.476 e. The second-order valence-corrected chi connectivity index (χ2v) is 4.77. The molecule has 3 heterocycles. The molecule has 1 aliphatic heterocycles. The highest BCUT2D eigenvalue weighted by Gasteiger charge is 2.28. The number of ether oxygens (including phenoxy) is 1. The van der Waals surface area contributed by atoms with E-state index in [0.717, 1.165) is 19.4 Å². The number of hydrogen-bond donors (Lipinski definition) is 1. The predicted molar refractivity (Wildman–Crippen MR) is 68.3 cm³/mol. The zero-order chi connectivity index (χ0) is 14.1. The van der Waals surface area contributed by atoms with Crippen molar-refractivity contribution in [2.75, 3.05) is 13.2 Å². The summed E-state index contributed by atoms with van der Waals surface area (Å²) in [4.78, 5) is 15.6. The van der Waals surface area contributed by atoms with Crippen LogP contribution in [0.5, 0.6) is 0 Å². The molecule has 0 radical (unpaired) electrons. The maximum Gasteiger partial charge on any atom is 0.358 e. The SMILES string of the molecule is Cn1ccnc1-c1c(C(=O)O)nnn1C1CCCOC1. The third-order valence-corrected chi connectivity index (χ3v) is 3.41. The minimum Gasteiger partial charge on any atom is -0.476 e. The highest BCUT2D eigenvalue weighted by atomic mass is 16.5. The summed E-state index contributed by atoms with van der Waals surface area (Å²) in [6, 6.07) is -0.00366. The highest BCUT2D eigenvalue weighted by molar-refractivity contribution is 5.91. The van der Waals surface area contributed by atoms with E-state index >= 15 is 0 Å². The number of aryl methyl sites for hydroxylation is 1. The van der Waals surface area contributed by atoms with Gasteiger partial charge in [0.15, 0.2) is 5.82 Å². The Kier molecular flexibility index (Phi) is 3.23. The monoisotopic (exact) mass is 277 g/mol. The molecule has 1 atom stereocenters. The van der Waals surface area contributed by atoms with Gasteiger partial charge in [-0.25, -0.2) is 14.5 Å². The highest BCUT2D eigenvalue weighted by Crippen LogP contribution is 2.27. The molecule has 0 aliphatic carbocycles. The van der Waals surface area contributed by atoms with Crippen LogP contribution in [0.25, 0.3) is 11.5 Å².